The van der Waals surface area contributed by atoms with Gasteiger partial charge in [-0.15, -0.1) is 0 Å². The van der Waals surface area contributed by atoms with E-state index in [-0.39, 0.29) is 23.2 Å². The van der Waals surface area contributed by atoms with E-state index in [1.165, 1.54) is 24.1 Å². The van der Waals surface area contributed by atoms with Crippen molar-refractivity contribution in [2.75, 3.05) is 12.4 Å². The summed E-state index contributed by atoms with van der Waals surface area (Å²) in [4.78, 5) is 24.6. The van der Waals surface area contributed by atoms with E-state index < -0.39 is 5.91 Å². The molecule has 0 fully saturated rings. The summed E-state index contributed by atoms with van der Waals surface area (Å²) in [5.41, 5.74) is 1.16. The molecule has 0 radical (unpaired) electrons. The van der Waals surface area contributed by atoms with Crippen LogP contribution in [0, 0.1) is 11.3 Å². The topological polar surface area (TPSA) is 109 Å². The van der Waals surface area contributed by atoms with Crippen LogP contribution >= 0.6 is 0 Å². The van der Waals surface area contributed by atoms with Gasteiger partial charge in [-0.05, 0) is 25.1 Å². The summed E-state index contributed by atoms with van der Waals surface area (Å²) in [6.07, 6.45) is 1.37. The van der Waals surface area contributed by atoms with Crippen molar-refractivity contribution in [2.45, 2.75) is 19.5 Å². The van der Waals surface area contributed by atoms with Crippen molar-refractivity contribution in [2.24, 2.45) is 0 Å². The molecule has 24 heavy (non-hydrogen) atoms. The number of carbonyl (C=O) groups is 2. The fourth-order valence-electron chi connectivity index (χ4n) is 2.60. The van der Waals surface area contributed by atoms with E-state index in [9.17, 15) is 9.59 Å². The molecule has 2 heterocycles. The van der Waals surface area contributed by atoms with Crippen LogP contribution in [-0.4, -0.2) is 34.7 Å². The molecule has 1 aliphatic heterocycles. The second kappa shape index (κ2) is 6.04. The van der Waals surface area contributed by atoms with E-state index in [2.05, 4.69) is 15.7 Å². The summed E-state index contributed by atoms with van der Waals surface area (Å²) in [6, 6.07) is 6.68. The lowest BCUT2D eigenvalue weighted by Crippen LogP contribution is -2.43. The highest BCUT2D eigenvalue weighted by molar-refractivity contribution is 6.11. The molecule has 0 unspecified atom stereocenters. The van der Waals surface area contributed by atoms with Gasteiger partial charge >= 0.3 is 0 Å². The fraction of sp³-hybridized carbons (Fsp3) is 0.250. The smallest absolute Gasteiger partial charge is 0.270 e. The van der Waals surface area contributed by atoms with Crippen molar-refractivity contribution < 1.29 is 14.3 Å². The van der Waals surface area contributed by atoms with Gasteiger partial charge in [0.05, 0.1) is 31.0 Å². The Morgan fingerprint density at radius 1 is 1.54 bits per heavy atom. The van der Waals surface area contributed by atoms with E-state index in [0.717, 1.165) is 0 Å². The molecule has 122 valence electrons. The van der Waals surface area contributed by atoms with Crippen molar-refractivity contribution >= 4 is 17.5 Å². The highest BCUT2D eigenvalue weighted by atomic mass is 16.5. The number of nitriles is 1. The Kier molecular flexibility index (Phi) is 3.92. The van der Waals surface area contributed by atoms with Crippen LogP contribution in [0.3, 0.4) is 0 Å². The van der Waals surface area contributed by atoms with Crippen LogP contribution in [0.1, 0.15) is 33.3 Å². The zero-order chi connectivity index (χ0) is 17.3. The number of hydrogen-bond acceptors (Lipinski definition) is 5. The molecule has 1 aliphatic rings. The van der Waals surface area contributed by atoms with Crippen molar-refractivity contribution in [1.82, 2.24) is 15.1 Å². The second-order valence-corrected chi connectivity index (χ2v) is 5.44. The van der Waals surface area contributed by atoms with E-state index in [0.29, 0.717) is 23.5 Å². The first-order valence-electron chi connectivity index (χ1n) is 7.29. The number of carbonyl (C=O) groups excluding carboxylic acids is 2. The van der Waals surface area contributed by atoms with Crippen LogP contribution in [0.4, 0.5) is 5.69 Å². The second-order valence-electron chi connectivity index (χ2n) is 5.44. The number of anilines is 1. The van der Waals surface area contributed by atoms with Gasteiger partial charge in [-0.3, -0.25) is 14.3 Å². The minimum Gasteiger partial charge on any atom is -0.495 e. The van der Waals surface area contributed by atoms with Crippen LogP contribution in [0.25, 0.3) is 0 Å². The highest BCUT2D eigenvalue weighted by Gasteiger charge is 2.28. The third kappa shape index (κ3) is 2.67. The van der Waals surface area contributed by atoms with Crippen LogP contribution in [0.2, 0.25) is 0 Å². The number of benzene rings is 1. The number of methoxy groups -OCH3 is 1. The zero-order valence-corrected chi connectivity index (χ0v) is 13.2. The van der Waals surface area contributed by atoms with E-state index in [4.69, 9.17) is 10.00 Å². The maximum absolute atomic E-state index is 12.5. The number of aromatic nitrogens is 2. The summed E-state index contributed by atoms with van der Waals surface area (Å²) in [7, 11) is 1.47. The third-order valence-corrected chi connectivity index (χ3v) is 3.70. The summed E-state index contributed by atoms with van der Waals surface area (Å²) >= 11 is 0. The molecule has 1 atom stereocenters. The van der Waals surface area contributed by atoms with Crippen LogP contribution in [0.5, 0.6) is 5.75 Å². The van der Waals surface area contributed by atoms with E-state index >= 15 is 0 Å². The van der Waals surface area contributed by atoms with Gasteiger partial charge in [-0.1, -0.05) is 0 Å². The number of rotatable bonds is 3. The molecule has 1 aromatic heterocycles. The standard InChI is InChI=1S/C16H15N5O3/c1-9-8-21-14(16(23)19-9)12(7-18-21)15(22)20-11-3-4-13(24-2)10(5-11)6-17/h3-5,7,9H,8H2,1-2H3,(H,19,23)(H,20,22)/t9-/m0/s1. The molecule has 0 saturated heterocycles. The normalized spacial score (nSPS) is 15.9. The van der Waals surface area contributed by atoms with Gasteiger partial charge in [0.15, 0.2) is 0 Å². The lowest BCUT2D eigenvalue weighted by molar-refractivity contribution is 0.0891. The summed E-state index contributed by atoms with van der Waals surface area (Å²) < 4.78 is 6.59. The van der Waals surface area contributed by atoms with Crippen LogP contribution in [0.15, 0.2) is 24.4 Å². The molecule has 8 heteroatoms. The Labute approximate surface area is 138 Å². The van der Waals surface area contributed by atoms with Crippen molar-refractivity contribution in [3.8, 4) is 11.8 Å². The minimum absolute atomic E-state index is 0.0411. The molecule has 0 aliphatic carbocycles. The number of nitrogens with zero attached hydrogens (tertiary/aromatic N) is 3. The molecular weight excluding hydrogens is 310 g/mol. The van der Waals surface area contributed by atoms with Crippen molar-refractivity contribution in [3.63, 3.8) is 0 Å². The van der Waals surface area contributed by atoms with Crippen molar-refractivity contribution in [1.29, 1.82) is 5.26 Å². The van der Waals surface area contributed by atoms with Gasteiger partial charge < -0.3 is 15.4 Å². The van der Waals surface area contributed by atoms with E-state index in [1.807, 2.05) is 13.0 Å². The lowest BCUT2D eigenvalue weighted by atomic mass is 10.1. The first-order chi connectivity index (χ1) is 11.5. The first-order valence-corrected chi connectivity index (χ1v) is 7.29. The molecule has 8 nitrogen and oxygen atoms in total. The largest absolute Gasteiger partial charge is 0.495 e. The highest BCUT2D eigenvalue weighted by Crippen LogP contribution is 2.23. The molecule has 0 spiro atoms. The molecule has 1 aromatic carbocycles. The Balaban J connectivity index is 1.87. The molecule has 2 amide bonds. The molecule has 0 saturated carbocycles. The molecule has 2 aromatic rings. The molecule has 2 N–H and O–H groups in total. The average Bonchev–Trinajstić information content (AvgIpc) is 2.98. The van der Waals surface area contributed by atoms with Crippen LogP contribution in [-0.2, 0) is 6.54 Å². The summed E-state index contributed by atoms with van der Waals surface area (Å²) in [5, 5.41) is 18.7. The SMILES string of the molecule is COc1ccc(NC(=O)c2cnn3c2C(=O)N[C@@H](C)C3)cc1C#N. The average molecular weight is 325 g/mol. The Morgan fingerprint density at radius 3 is 3.04 bits per heavy atom. The van der Waals surface area contributed by atoms with Gasteiger partial charge in [0.1, 0.15) is 17.5 Å². The van der Waals surface area contributed by atoms with E-state index in [1.54, 1.807) is 12.1 Å². The predicted molar refractivity (Wildman–Crippen MR) is 84.8 cm³/mol. The zero-order valence-electron chi connectivity index (χ0n) is 13.2. The first kappa shape index (κ1) is 15.6. The molecule has 0 bridgehead atoms. The number of hydrogen-bond donors (Lipinski definition) is 2. The number of nitrogens with one attached hydrogen (secondary N) is 2. The molecular formula is C16H15N5O3. The Hall–Kier alpha value is -3.34. The van der Waals surface area contributed by atoms with Gasteiger partial charge in [0.25, 0.3) is 11.8 Å². The number of amides is 2. The third-order valence-electron chi connectivity index (χ3n) is 3.70. The minimum atomic E-state index is -0.463. The quantitative estimate of drug-likeness (QED) is 0.880. The van der Waals surface area contributed by atoms with Gasteiger partial charge in [0, 0.05) is 11.7 Å². The predicted octanol–water partition coefficient (Wildman–Crippen LogP) is 1.15. The fourth-order valence-corrected chi connectivity index (χ4v) is 2.60. The van der Waals surface area contributed by atoms with Crippen LogP contribution < -0.4 is 15.4 Å². The lowest BCUT2D eigenvalue weighted by Gasteiger charge is -2.21. The maximum atomic E-state index is 12.5. The summed E-state index contributed by atoms with van der Waals surface area (Å²) in [5.74, 6) is -0.370. The maximum Gasteiger partial charge on any atom is 0.270 e. The molecule has 3 rings (SSSR count). The van der Waals surface area contributed by atoms with Gasteiger partial charge in [0.2, 0.25) is 0 Å². The van der Waals surface area contributed by atoms with Gasteiger partial charge in [-0.25, -0.2) is 0 Å². The summed E-state index contributed by atoms with van der Waals surface area (Å²) in [6.45, 7) is 2.37. The number of fused-ring (bicyclic) bond motifs is 1. The Bertz CT molecular complexity index is 865. The monoisotopic (exact) mass is 325 g/mol. The van der Waals surface area contributed by atoms with Gasteiger partial charge in [-0.2, -0.15) is 10.4 Å². The number of ether oxygens (including phenoxy) is 1. The Morgan fingerprint density at radius 2 is 2.33 bits per heavy atom. The van der Waals surface area contributed by atoms with Crippen molar-refractivity contribution in [3.05, 3.63) is 41.2 Å².